The van der Waals surface area contributed by atoms with Gasteiger partial charge in [0.15, 0.2) is 11.5 Å². The highest BCUT2D eigenvalue weighted by atomic mass is 16.5. The largest absolute Gasteiger partial charge is 0.493 e. The van der Waals surface area contributed by atoms with Crippen LogP contribution in [0.15, 0.2) is 84.9 Å². The lowest BCUT2D eigenvalue weighted by Crippen LogP contribution is -2.54. The van der Waals surface area contributed by atoms with E-state index in [2.05, 4.69) is 42.7 Å². The summed E-state index contributed by atoms with van der Waals surface area (Å²) < 4.78 is 10.9. The van der Waals surface area contributed by atoms with Crippen molar-refractivity contribution in [3.63, 3.8) is 0 Å². The summed E-state index contributed by atoms with van der Waals surface area (Å²) in [5.74, 6) is 1.17. The van der Waals surface area contributed by atoms with E-state index in [0.717, 1.165) is 41.3 Å². The van der Waals surface area contributed by atoms with Crippen molar-refractivity contribution in [2.45, 2.75) is 51.1 Å². The zero-order chi connectivity index (χ0) is 28.5. The number of fused-ring (bicyclic) bond motifs is 1. The minimum Gasteiger partial charge on any atom is -0.493 e. The normalized spacial score (nSPS) is 11.9. The van der Waals surface area contributed by atoms with Crippen LogP contribution in [0.3, 0.4) is 0 Å². The fourth-order valence-electron chi connectivity index (χ4n) is 5.22. The van der Waals surface area contributed by atoms with E-state index in [1.54, 1.807) is 20.3 Å². The first-order valence-corrected chi connectivity index (χ1v) is 13.7. The van der Waals surface area contributed by atoms with E-state index < -0.39 is 6.04 Å². The number of nitrogens with zero attached hydrogens (tertiary/aromatic N) is 1. The van der Waals surface area contributed by atoms with Gasteiger partial charge in [-0.3, -0.25) is 4.79 Å². The summed E-state index contributed by atoms with van der Waals surface area (Å²) in [5.41, 5.74) is 3.14. The van der Waals surface area contributed by atoms with Crippen LogP contribution >= 0.6 is 0 Å². The molecule has 6 heteroatoms. The van der Waals surface area contributed by atoms with Gasteiger partial charge in [-0.05, 0) is 54.7 Å². The number of carbonyl (C=O) groups is 1. The number of hydrogen-bond donors (Lipinski definition) is 2. The number of nitriles is 1. The standard InChI is InChI=1S/C34H37N3O3/c1-5-34(6-2,22-24-12-8-7-9-13-24)37-33(38)30(20-25-16-19-31(39-3)32(21-25)40-4)36-29-18-17-26(23-35)27-14-10-11-15-28(27)29/h7-19,21,30,36H,5-6,20,22H2,1-4H3,(H,37,38)/t30-/m0/s1. The van der Waals surface area contributed by atoms with Gasteiger partial charge in [0, 0.05) is 28.4 Å². The Balaban J connectivity index is 1.70. The molecule has 0 fully saturated rings. The summed E-state index contributed by atoms with van der Waals surface area (Å²) in [4.78, 5) is 14.1. The van der Waals surface area contributed by atoms with Crippen LogP contribution in [-0.2, 0) is 17.6 Å². The predicted molar refractivity (Wildman–Crippen MR) is 161 cm³/mol. The molecule has 0 saturated carbocycles. The number of ether oxygens (including phenoxy) is 2. The molecule has 206 valence electrons. The SMILES string of the molecule is CCC(CC)(Cc1ccccc1)NC(=O)[C@H](Cc1ccc(OC)c(OC)c1)Nc1ccc(C#N)c2ccccc12. The molecule has 4 rings (SSSR count). The molecule has 2 N–H and O–H groups in total. The highest BCUT2D eigenvalue weighted by Gasteiger charge is 2.32. The van der Waals surface area contributed by atoms with Crippen molar-refractivity contribution in [1.82, 2.24) is 5.32 Å². The molecule has 6 nitrogen and oxygen atoms in total. The summed E-state index contributed by atoms with van der Waals surface area (Å²) in [6, 6.07) is 29.1. The molecule has 0 unspecified atom stereocenters. The Hall–Kier alpha value is -4.50. The number of anilines is 1. The lowest BCUT2D eigenvalue weighted by molar-refractivity contribution is -0.123. The second-order valence-corrected chi connectivity index (χ2v) is 10.0. The summed E-state index contributed by atoms with van der Waals surface area (Å²) in [7, 11) is 3.21. The maximum atomic E-state index is 14.1. The molecule has 0 aliphatic carbocycles. The quantitative estimate of drug-likeness (QED) is 0.212. The molecule has 0 aromatic heterocycles. The Morgan fingerprint density at radius 2 is 1.52 bits per heavy atom. The zero-order valence-corrected chi connectivity index (χ0v) is 23.7. The highest BCUT2D eigenvalue weighted by Crippen LogP contribution is 2.31. The van der Waals surface area contributed by atoms with Crippen LogP contribution in [0.25, 0.3) is 10.8 Å². The fraction of sp³-hybridized carbons (Fsp3) is 0.294. The molecule has 1 atom stereocenters. The van der Waals surface area contributed by atoms with Crippen LogP contribution in [-0.4, -0.2) is 31.7 Å². The van der Waals surface area contributed by atoms with Gasteiger partial charge in [0.05, 0.1) is 25.9 Å². The Labute approximate surface area is 236 Å². The number of carbonyl (C=O) groups excluding carboxylic acids is 1. The molecule has 0 aliphatic heterocycles. The Bertz CT molecular complexity index is 1490. The van der Waals surface area contributed by atoms with Gasteiger partial charge in [0.25, 0.3) is 0 Å². The van der Waals surface area contributed by atoms with E-state index >= 15 is 0 Å². The number of methoxy groups -OCH3 is 2. The van der Waals surface area contributed by atoms with Crippen molar-refractivity contribution in [2.75, 3.05) is 19.5 Å². The van der Waals surface area contributed by atoms with E-state index in [1.807, 2.05) is 66.7 Å². The Morgan fingerprint density at radius 1 is 0.850 bits per heavy atom. The topological polar surface area (TPSA) is 83.4 Å². The predicted octanol–water partition coefficient (Wildman–Crippen LogP) is 6.67. The maximum Gasteiger partial charge on any atom is 0.243 e. The van der Waals surface area contributed by atoms with E-state index in [1.165, 1.54) is 5.56 Å². The van der Waals surface area contributed by atoms with E-state index in [9.17, 15) is 10.1 Å². The second kappa shape index (κ2) is 13.0. The summed E-state index contributed by atoms with van der Waals surface area (Å²) in [5, 5.41) is 18.3. The minimum atomic E-state index is -0.581. The van der Waals surface area contributed by atoms with Crippen molar-refractivity contribution in [1.29, 1.82) is 5.26 Å². The molecule has 1 amide bonds. The third-order valence-electron chi connectivity index (χ3n) is 7.71. The average Bonchev–Trinajstić information content (AvgIpc) is 3.00. The van der Waals surface area contributed by atoms with Crippen molar-refractivity contribution < 1.29 is 14.3 Å². The van der Waals surface area contributed by atoms with Crippen LogP contribution in [0.4, 0.5) is 5.69 Å². The molecule has 0 bridgehead atoms. The van der Waals surface area contributed by atoms with Gasteiger partial charge >= 0.3 is 0 Å². The first kappa shape index (κ1) is 28.5. The number of amides is 1. The summed E-state index contributed by atoms with van der Waals surface area (Å²) >= 11 is 0. The van der Waals surface area contributed by atoms with Gasteiger partial charge in [-0.25, -0.2) is 0 Å². The maximum absolute atomic E-state index is 14.1. The van der Waals surface area contributed by atoms with Gasteiger partial charge in [-0.2, -0.15) is 5.26 Å². The molecule has 4 aromatic rings. The lowest BCUT2D eigenvalue weighted by atomic mass is 9.85. The van der Waals surface area contributed by atoms with Crippen LogP contribution in [0.2, 0.25) is 0 Å². The molecule has 0 saturated heterocycles. The van der Waals surface area contributed by atoms with Gasteiger partial charge in [-0.15, -0.1) is 0 Å². The molecular weight excluding hydrogens is 498 g/mol. The minimum absolute atomic E-state index is 0.0807. The molecule has 4 aromatic carbocycles. The van der Waals surface area contributed by atoms with Crippen molar-refractivity contribution in [3.05, 3.63) is 102 Å². The lowest BCUT2D eigenvalue weighted by Gasteiger charge is -2.35. The molecule has 0 aliphatic rings. The van der Waals surface area contributed by atoms with Crippen molar-refractivity contribution in [2.24, 2.45) is 0 Å². The average molecular weight is 536 g/mol. The third-order valence-corrected chi connectivity index (χ3v) is 7.71. The van der Waals surface area contributed by atoms with E-state index in [-0.39, 0.29) is 11.4 Å². The van der Waals surface area contributed by atoms with Gasteiger partial charge < -0.3 is 20.1 Å². The van der Waals surface area contributed by atoms with E-state index in [4.69, 9.17) is 9.47 Å². The zero-order valence-electron chi connectivity index (χ0n) is 23.7. The molecule has 0 radical (unpaired) electrons. The van der Waals surface area contributed by atoms with Crippen LogP contribution < -0.4 is 20.1 Å². The number of nitrogens with one attached hydrogen (secondary N) is 2. The van der Waals surface area contributed by atoms with Crippen LogP contribution in [0, 0.1) is 11.3 Å². The van der Waals surface area contributed by atoms with Gasteiger partial charge in [0.1, 0.15) is 6.04 Å². The first-order valence-electron chi connectivity index (χ1n) is 13.7. The van der Waals surface area contributed by atoms with Gasteiger partial charge in [0.2, 0.25) is 5.91 Å². The van der Waals surface area contributed by atoms with Crippen molar-refractivity contribution >= 4 is 22.4 Å². The van der Waals surface area contributed by atoms with Crippen molar-refractivity contribution in [3.8, 4) is 17.6 Å². The third kappa shape index (κ3) is 6.38. The summed E-state index contributed by atoms with van der Waals surface area (Å²) in [6.07, 6.45) is 2.77. The van der Waals surface area contributed by atoms with Crippen LogP contribution in [0.1, 0.15) is 43.4 Å². The molecule has 0 spiro atoms. The highest BCUT2D eigenvalue weighted by molar-refractivity contribution is 5.99. The number of benzene rings is 4. The molecule has 40 heavy (non-hydrogen) atoms. The summed E-state index contributed by atoms with van der Waals surface area (Å²) in [6.45, 7) is 4.25. The number of hydrogen-bond acceptors (Lipinski definition) is 5. The van der Waals surface area contributed by atoms with Gasteiger partial charge in [-0.1, -0.05) is 74.5 Å². The smallest absolute Gasteiger partial charge is 0.243 e. The first-order chi connectivity index (χ1) is 19.5. The molecule has 0 heterocycles. The Kier molecular flexibility index (Phi) is 9.29. The monoisotopic (exact) mass is 535 g/mol. The Morgan fingerprint density at radius 3 is 2.17 bits per heavy atom. The second-order valence-electron chi connectivity index (χ2n) is 10.0. The fourth-order valence-corrected chi connectivity index (χ4v) is 5.22. The number of rotatable bonds is 12. The van der Waals surface area contributed by atoms with Crippen LogP contribution in [0.5, 0.6) is 11.5 Å². The molecular formula is C34H37N3O3. The van der Waals surface area contributed by atoms with E-state index in [0.29, 0.717) is 23.5 Å².